The van der Waals surface area contributed by atoms with E-state index in [9.17, 15) is 24.3 Å². The summed E-state index contributed by atoms with van der Waals surface area (Å²) in [5.74, 6) is -2.82. The number of fused-ring (bicyclic) bond motifs is 2. The molecule has 32 heavy (non-hydrogen) atoms. The predicted octanol–water partition coefficient (Wildman–Crippen LogP) is 1.01. The number of aliphatic carboxylic acids is 2. The predicted molar refractivity (Wildman–Crippen MR) is 105 cm³/mol. The van der Waals surface area contributed by atoms with Gasteiger partial charge in [0, 0.05) is 29.6 Å². The highest BCUT2D eigenvalue weighted by Gasteiger charge is 2.83. The third-order valence-corrected chi connectivity index (χ3v) is 7.53. The molecule has 0 aromatic heterocycles. The molecule has 2 N–H and O–H groups in total. The third kappa shape index (κ3) is 3.17. The van der Waals surface area contributed by atoms with Crippen LogP contribution in [0.15, 0.2) is 36.0 Å². The van der Waals surface area contributed by atoms with Crippen LogP contribution in [-0.2, 0) is 38.1 Å². The number of esters is 1. The number of carboxylic acids is 2. The summed E-state index contributed by atoms with van der Waals surface area (Å²) in [5, 5.41) is 18.1. The highest BCUT2D eigenvalue weighted by Crippen LogP contribution is 2.72. The normalized spacial score (nSPS) is 39.5. The fourth-order valence-corrected chi connectivity index (χ4v) is 5.81. The molecule has 6 unspecified atom stereocenters. The van der Waals surface area contributed by atoms with Crippen LogP contribution in [-0.4, -0.2) is 71.7 Å². The van der Waals surface area contributed by atoms with Gasteiger partial charge >= 0.3 is 17.9 Å². The molecule has 2 bridgehead atoms. The molecular formula is C22H24O10. The minimum Gasteiger partial charge on any atom is -0.478 e. The number of carbonyl (C=O) groups excluding carboxylic acids is 2. The lowest BCUT2D eigenvalue weighted by atomic mass is 9.51. The lowest BCUT2D eigenvalue weighted by Crippen LogP contribution is -2.66. The van der Waals surface area contributed by atoms with E-state index in [4.69, 9.17) is 24.1 Å². The van der Waals surface area contributed by atoms with Crippen molar-refractivity contribution in [2.45, 2.75) is 50.1 Å². The Morgan fingerprint density at radius 3 is 2.59 bits per heavy atom. The van der Waals surface area contributed by atoms with Crippen LogP contribution in [0.3, 0.4) is 0 Å². The lowest BCUT2D eigenvalue weighted by molar-refractivity contribution is -0.231. The molecule has 1 saturated carbocycles. The van der Waals surface area contributed by atoms with E-state index in [-0.39, 0.29) is 18.6 Å². The van der Waals surface area contributed by atoms with E-state index >= 15 is 0 Å². The summed E-state index contributed by atoms with van der Waals surface area (Å²) in [6, 6.07) is 0. The molecular weight excluding hydrogens is 424 g/mol. The van der Waals surface area contributed by atoms with E-state index in [2.05, 4.69) is 0 Å². The van der Waals surface area contributed by atoms with Crippen LogP contribution >= 0.6 is 0 Å². The van der Waals surface area contributed by atoms with Crippen LogP contribution in [0.5, 0.6) is 0 Å². The zero-order chi connectivity index (χ0) is 23.1. The van der Waals surface area contributed by atoms with E-state index in [1.807, 2.05) is 6.92 Å². The number of rotatable bonds is 8. The van der Waals surface area contributed by atoms with Crippen LogP contribution in [0.2, 0.25) is 0 Å². The van der Waals surface area contributed by atoms with Crippen molar-refractivity contribution >= 4 is 24.4 Å². The average Bonchev–Trinajstić information content (AvgIpc) is 3.52. The summed E-state index contributed by atoms with van der Waals surface area (Å²) in [4.78, 5) is 45.7. The van der Waals surface area contributed by atoms with Gasteiger partial charge < -0.3 is 29.2 Å². The van der Waals surface area contributed by atoms with Crippen LogP contribution in [0.4, 0.5) is 0 Å². The van der Waals surface area contributed by atoms with Crippen molar-refractivity contribution < 1.29 is 48.3 Å². The molecule has 6 atom stereocenters. The Kier molecular flexibility index (Phi) is 5.46. The summed E-state index contributed by atoms with van der Waals surface area (Å²) in [7, 11) is 0. The fourth-order valence-electron chi connectivity index (χ4n) is 5.81. The van der Waals surface area contributed by atoms with Crippen LogP contribution in [0.25, 0.3) is 0 Å². The second-order valence-electron chi connectivity index (χ2n) is 8.70. The topological polar surface area (TPSA) is 149 Å². The van der Waals surface area contributed by atoms with E-state index in [0.29, 0.717) is 25.9 Å². The van der Waals surface area contributed by atoms with Crippen molar-refractivity contribution in [2.75, 3.05) is 13.2 Å². The molecule has 0 amide bonds. The lowest BCUT2D eigenvalue weighted by Gasteiger charge is -2.58. The molecule has 2 heterocycles. The zero-order valence-corrected chi connectivity index (χ0v) is 17.4. The Labute approximate surface area is 183 Å². The number of hydrogen-bond acceptors (Lipinski definition) is 8. The van der Waals surface area contributed by atoms with Gasteiger partial charge in [-0.3, -0.25) is 4.79 Å². The van der Waals surface area contributed by atoms with Gasteiger partial charge in [0.15, 0.2) is 0 Å². The second-order valence-corrected chi connectivity index (χ2v) is 8.70. The van der Waals surface area contributed by atoms with Crippen molar-refractivity contribution in [1.29, 1.82) is 0 Å². The molecule has 0 aromatic carbocycles. The van der Waals surface area contributed by atoms with Crippen LogP contribution in [0, 0.1) is 10.8 Å². The fraction of sp³-hybridized carbons (Fsp3) is 0.545. The van der Waals surface area contributed by atoms with Gasteiger partial charge in [-0.05, 0) is 18.9 Å². The molecule has 10 heteroatoms. The molecule has 2 saturated heterocycles. The first kappa shape index (κ1) is 22.2. The molecule has 172 valence electrons. The van der Waals surface area contributed by atoms with E-state index in [1.54, 1.807) is 6.08 Å². The monoisotopic (exact) mass is 448 g/mol. The molecule has 2 aliphatic heterocycles. The van der Waals surface area contributed by atoms with Crippen molar-refractivity contribution in [3.05, 3.63) is 36.0 Å². The molecule has 1 spiro atoms. The maximum Gasteiger partial charge on any atom is 0.331 e. The van der Waals surface area contributed by atoms with Crippen molar-refractivity contribution in [3.8, 4) is 0 Å². The largest absolute Gasteiger partial charge is 0.478 e. The van der Waals surface area contributed by atoms with Crippen LogP contribution in [0.1, 0.15) is 26.2 Å². The molecule has 0 radical (unpaired) electrons. The first-order valence-corrected chi connectivity index (χ1v) is 10.3. The zero-order valence-electron chi connectivity index (χ0n) is 17.4. The SMILES string of the molecule is CC12C(OC(=O)/C=C\C=C/C(=O)O)CC(OC3C=C(C(=O)O)CCC31COC=O)C21CO1. The summed E-state index contributed by atoms with van der Waals surface area (Å²) in [5.41, 5.74) is -2.15. The van der Waals surface area contributed by atoms with Crippen molar-refractivity contribution in [3.63, 3.8) is 0 Å². The molecule has 10 nitrogen and oxygen atoms in total. The summed E-state index contributed by atoms with van der Waals surface area (Å²) < 4.78 is 23.2. The standard InChI is InChI=1S/C22H24O10/c1-20-14(32-18(26)5-3-2-4-17(24)25)9-16(22(20)11-30-22)31-15-8-13(19(27)28)6-7-21(15,20)10-29-12-23/h2-5,8,12,14-16H,6-7,9-11H2,1H3,(H,24,25)(H,27,28)/b4-2-,5-3-. The molecule has 4 aliphatic rings. The summed E-state index contributed by atoms with van der Waals surface area (Å²) in [6.07, 6.45) is 5.30. The summed E-state index contributed by atoms with van der Waals surface area (Å²) in [6.45, 7) is 2.62. The number of allylic oxidation sites excluding steroid dienone is 2. The molecule has 2 aliphatic carbocycles. The maximum atomic E-state index is 12.5. The first-order valence-electron chi connectivity index (χ1n) is 10.3. The van der Waals surface area contributed by atoms with E-state index in [1.165, 1.54) is 12.2 Å². The molecule has 3 fully saturated rings. The summed E-state index contributed by atoms with van der Waals surface area (Å²) >= 11 is 0. The maximum absolute atomic E-state index is 12.5. The van der Waals surface area contributed by atoms with Gasteiger partial charge in [-0.15, -0.1) is 0 Å². The van der Waals surface area contributed by atoms with Gasteiger partial charge in [-0.1, -0.05) is 19.1 Å². The molecule has 4 rings (SSSR count). The Morgan fingerprint density at radius 1 is 1.25 bits per heavy atom. The van der Waals surface area contributed by atoms with Crippen LogP contribution < -0.4 is 0 Å². The number of carbonyl (C=O) groups is 4. The van der Waals surface area contributed by atoms with Gasteiger partial charge in [0.2, 0.25) is 0 Å². The van der Waals surface area contributed by atoms with Gasteiger partial charge in [-0.2, -0.15) is 0 Å². The second kappa shape index (κ2) is 7.86. The first-order chi connectivity index (χ1) is 15.2. The van der Waals surface area contributed by atoms with Gasteiger partial charge in [-0.25, -0.2) is 14.4 Å². The van der Waals surface area contributed by atoms with E-state index in [0.717, 1.165) is 12.2 Å². The molecule has 0 aromatic rings. The van der Waals surface area contributed by atoms with Crippen molar-refractivity contribution in [1.82, 2.24) is 0 Å². The van der Waals surface area contributed by atoms with Gasteiger partial charge in [0.1, 0.15) is 18.3 Å². The van der Waals surface area contributed by atoms with E-state index < -0.39 is 52.7 Å². The van der Waals surface area contributed by atoms with Crippen molar-refractivity contribution in [2.24, 2.45) is 10.8 Å². The Morgan fingerprint density at radius 2 is 1.97 bits per heavy atom. The minimum absolute atomic E-state index is 0.0376. The highest BCUT2D eigenvalue weighted by molar-refractivity contribution is 5.87. The quantitative estimate of drug-likeness (QED) is 0.181. The Bertz CT molecular complexity index is 929. The smallest absolute Gasteiger partial charge is 0.331 e. The third-order valence-electron chi connectivity index (χ3n) is 7.53. The Hall–Kier alpha value is -2.98. The van der Waals surface area contributed by atoms with Gasteiger partial charge in [0.25, 0.3) is 6.47 Å². The number of epoxide rings is 1. The average molecular weight is 448 g/mol. The highest BCUT2D eigenvalue weighted by atomic mass is 16.6. The number of carboxylic acid groups (broad SMARTS) is 2. The number of ether oxygens (including phenoxy) is 4. The number of hydrogen-bond donors (Lipinski definition) is 2. The van der Waals surface area contributed by atoms with Gasteiger partial charge in [0.05, 0.1) is 24.2 Å². The minimum atomic E-state index is -1.14. The Balaban J connectivity index is 1.67.